The fraction of sp³-hybridized carbons (Fsp3) is 0.674. The molecule has 0 amide bonds. The van der Waals surface area contributed by atoms with Crippen molar-refractivity contribution in [2.45, 2.75) is 172 Å². The molecule has 326 valence electrons. The Balaban J connectivity index is 2.57. The van der Waals surface area contributed by atoms with Crippen LogP contribution in [0.4, 0.5) is 0 Å². The molecule has 1 aliphatic rings. The Labute approximate surface area is 340 Å². The molecule has 57 heavy (non-hydrogen) atoms. The van der Waals surface area contributed by atoms with Crippen molar-refractivity contribution >= 4 is 19.8 Å². The van der Waals surface area contributed by atoms with Crippen LogP contribution in [0.2, 0.25) is 0 Å². The summed E-state index contributed by atoms with van der Waals surface area (Å²) in [6, 6.07) is 0. The number of aliphatic hydroxyl groups excluding tert-OH is 5. The molecule has 1 aliphatic carbocycles. The summed E-state index contributed by atoms with van der Waals surface area (Å²) in [6.45, 7) is 3.05. The van der Waals surface area contributed by atoms with Crippen molar-refractivity contribution in [2.75, 3.05) is 13.2 Å². The lowest BCUT2D eigenvalue weighted by atomic mass is 9.85. The smallest absolute Gasteiger partial charge is 0.462 e. The molecular formula is C43H71O13P. The van der Waals surface area contributed by atoms with E-state index >= 15 is 0 Å². The Morgan fingerprint density at radius 2 is 1.02 bits per heavy atom. The molecule has 0 radical (unpaired) electrons. The molecule has 14 heteroatoms. The molecule has 0 aromatic carbocycles. The van der Waals surface area contributed by atoms with Gasteiger partial charge in [-0.15, -0.1) is 0 Å². The van der Waals surface area contributed by atoms with Crippen LogP contribution in [-0.2, 0) is 32.7 Å². The third-order valence-corrected chi connectivity index (χ3v) is 10.0. The van der Waals surface area contributed by atoms with Crippen molar-refractivity contribution in [3.63, 3.8) is 0 Å². The summed E-state index contributed by atoms with van der Waals surface area (Å²) in [7, 11) is -5.13. The van der Waals surface area contributed by atoms with Crippen LogP contribution < -0.4 is 0 Å². The van der Waals surface area contributed by atoms with Gasteiger partial charge in [0.2, 0.25) is 0 Å². The van der Waals surface area contributed by atoms with Gasteiger partial charge in [-0.2, -0.15) is 0 Å². The van der Waals surface area contributed by atoms with Gasteiger partial charge in [-0.1, -0.05) is 119 Å². The van der Waals surface area contributed by atoms with Crippen LogP contribution in [0.25, 0.3) is 0 Å². The molecule has 0 spiro atoms. The predicted molar refractivity (Wildman–Crippen MR) is 221 cm³/mol. The van der Waals surface area contributed by atoms with Gasteiger partial charge in [0.15, 0.2) is 6.10 Å². The summed E-state index contributed by atoms with van der Waals surface area (Å²) in [5.41, 5.74) is 0. The number of hydrogen-bond donors (Lipinski definition) is 6. The molecule has 0 aromatic rings. The number of unbranched alkanes of at least 4 members (excludes halogenated alkanes) is 8. The Morgan fingerprint density at radius 1 is 0.561 bits per heavy atom. The Morgan fingerprint density at radius 3 is 1.60 bits per heavy atom. The van der Waals surface area contributed by atoms with Gasteiger partial charge in [0.05, 0.1) is 6.61 Å². The molecule has 6 unspecified atom stereocenters. The summed E-state index contributed by atoms with van der Waals surface area (Å²) >= 11 is 0. The zero-order valence-corrected chi connectivity index (χ0v) is 35.0. The van der Waals surface area contributed by atoms with E-state index in [4.69, 9.17) is 18.5 Å². The summed E-state index contributed by atoms with van der Waals surface area (Å²) in [4.78, 5) is 35.5. The summed E-state index contributed by atoms with van der Waals surface area (Å²) < 4.78 is 33.3. The topological polar surface area (TPSA) is 210 Å². The highest BCUT2D eigenvalue weighted by atomic mass is 31.2. The zero-order chi connectivity index (χ0) is 42.2. The highest BCUT2D eigenvalue weighted by molar-refractivity contribution is 7.47. The lowest BCUT2D eigenvalue weighted by Crippen LogP contribution is -2.64. The van der Waals surface area contributed by atoms with Gasteiger partial charge in [0.1, 0.15) is 43.2 Å². The van der Waals surface area contributed by atoms with Crippen molar-refractivity contribution in [3.8, 4) is 0 Å². The highest BCUT2D eigenvalue weighted by Gasteiger charge is 2.51. The largest absolute Gasteiger partial charge is 0.472 e. The number of carbonyl (C=O) groups is 2. The lowest BCUT2D eigenvalue weighted by molar-refractivity contribution is -0.220. The molecular weight excluding hydrogens is 755 g/mol. The number of rotatable bonds is 32. The van der Waals surface area contributed by atoms with E-state index in [0.717, 1.165) is 70.6 Å². The van der Waals surface area contributed by atoms with Gasteiger partial charge < -0.3 is 39.9 Å². The maximum absolute atomic E-state index is 12.8. The van der Waals surface area contributed by atoms with E-state index in [9.17, 15) is 44.6 Å². The van der Waals surface area contributed by atoms with E-state index in [1.54, 1.807) is 0 Å². The molecule has 13 nitrogen and oxygen atoms in total. The Kier molecular flexibility index (Phi) is 30.4. The third kappa shape index (κ3) is 26.1. The fourth-order valence-electron chi connectivity index (χ4n) is 5.65. The average Bonchev–Trinajstić information content (AvgIpc) is 3.19. The summed E-state index contributed by atoms with van der Waals surface area (Å²) in [6.07, 6.45) is 26.9. The van der Waals surface area contributed by atoms with Gasteiger partial charge in [-0.25, -0.2) is 4.57 Å². The lowest BCUT2D eigenvalue weighted by Gasteiger charge is -2.41. The zero-order valence-electron chi connectivity index (χ0n) is 34.1. The minimum Gasteiger partial charge on any atom is -0.462 e. The van der Waals surface area contributed by atoms with Crippen LogP contribution in [0.15, 0.2) is 72.9 Å². The number of phosphoric ester groups is 1. The van der Waals surface area contributed by atoms with Crippen LogP contribution in [0.1, 0.15) is 129 Å². The number of phosphoric acid groups is 1. The molecule has 0 bridgehead atoms. The minimum absolute atomic E-state index is 0.0130. The molecule has 1 saturated carbocycles. The second-order valence-electron chi connectivity index (χ2n) is 14.1. The van der Waals surface area contributed by atoms with Crippen molar-refractivity contribution in [2.24, 2.45) is 0 Å². The van der Waals surface area contributed by atoms with Crippen LogP contribution in [0, 0.1) is 0 Å². The second-order valence-corrected chi connectivity index (χ2v) is 15.5. The van der Waals surface area contributed by atoms with E-state index in [1.807, 2.05) is 12.2 Å². The van der Waals surface area contributed by atoms with Gasteiger partial charge in [0, 0.05) is 12.8 Å². The van der Waals surface area contributed by atoms with E-state index in [0.29, 0.717) is 19.3 Å². The second kappa shape index (κ2) is 33.2. The monoisotopic (exact) mass is 826 g/mol. The molecule has 0 aromatic heterocycles. The average molecular weight is 827 g/mol. The number of carbonyl (C=O) groups excluding carboxylic acids is 2. The van der Waals surface area contributed by atoms with Crippen molar-refractivity contribution in [1.82, 2.24) is 0 Å². The van der Waals surface area contributed by atoms with E-state index in [-0.39, 0.29) is 12.8 Å². The SMILES string of the molecule is CC/C=C\C/C=C\C/C=C\C/C=C\C/C=C\CCCC(=O)O[C@H](COC(=O)CCCCCCC/C=C\CCCC)COP(=O)(O)OC1C(O)C(O)C(O)[C@@H](O)C1O. The van der Waals surface area contributed by atoms with E-state index in [2.05, 4.69) is 74.6 Å². The van der Waals surface area contributed by atoms with Crippen molar-refractivity contribution in [3.05, 3.63) is 72.9 Å². The standard InChI is InChI=1S/C43H71O13P/c1-3-5-7-9-11-13-15-16-17-18-19-20-22-24-26-28-30-32-37(45)55-35(33-53-36(44)31-29-27-25-23-21-14-12-10-8-6-4-2)34-54-57(51,52)56-43-41(49)39(47)38(46)40(48)42(43)50/h5,7,10-13,16-17,19-20,24,26,35,38-43,46-50H,3-4,6,8-9,14-15,18,21-23,25,27-34H2,1-2H3,(H,51,52)/b7-5-,12-10-,13-11-,17-16-,20-19-,26-24-/t35-,38?,39-,40?,41?,42?,43?/m1/s1. The number of esters is 2. The van der Waals surface area contributed by atoms with Gasteiger partial charge in [0.25, 0.3) is 0 Å². The number of aliphatic hydroxyl groups is 5. The molecule has 0 aliphatic heterocycles. The summed E-state index contributed by atoms with van der Waals surface area (Å²) in [5.74, 6) is -1.19. The van der Waals surface area contributed by atoms with Crippen molar-refractivity contribution in [1.29, 1.82) is 0 Å². The molecule has 6 N–H and O–H groups in total. The van der Waals surface area contributed by atoms with Gasteiger partial charge >= 0.3 is 19.8 Å². The summed E-state index contributed by atoms with van der Waals surface area (Å²) in [5, 5.41) is 50.0. The first-order chi connectivity index (χ1) is 27.4. The van der Waals surface area contributed by atoms with Crippen molar-refractivity contribution < 1.29 is 63.1 Å². The maximum atomic E-state index is 12.8. The maximum Gasteiger partial charge on any atom is 0.472 e. The first-order valence-corrected chi connectivity index (χ1v) is 22.2. The fourth-order valence-corrected chi connectivity index (χ4v) is 6.63. The predicted octanol–water partition coefficient (Wildman–Crippen LogP) is 7.16. The van der Waals surface area contributed by atoms with E-state index in [1.165, 1.54) is 12.8 Å². The first kappa shape index (κ1) is 52.3. The van der Waals surface area contributed by atoms with Crippen LogP contribution >= 0.6 is 7.82 Å². The Bertz CT molecular complexity index is 1280. The first-order valence-electron chi connectivity index (χ1n) is 20.7. The number of ether oxygens (including phenoxy) is 2. The number of hydrogen-bond acceptors (Lipinski definition) is 12. The molecule has 0 saturated heterocycles. The van der Waals surface area contributed by atoms with Gasteiger partial charge in [-0.05, 0) is 70.6 Å². The molecule has 1 fully saturated rings. The highest BCUT2D eigenvalue weighted by Crippen LogP contribution is 2.47. The Hall–Kier alpha value is -2.71. The van der Waals surface area contributed by atoms with Crippen LogP contribution in [0.3, 0.4) is 0 Å². The van der Waals surface area contributed by atoms with Crippen LogP contribution in [-0.4, -0.2) is 98.3 Å². The molecule has 0 heterocycles. The van der Waals surface area contributed by atoms with Crippen LogP contribution in [0.5, 0.6) is 0 Å². The van der Waals surface area contributed by atoms with Gasteiger partial charge in [-0.3, -0.25) is 18.6 Å². The molecule has 1 rings (SSSR count). The quantitative estimate of drug-likeness (QED) is 0.0172. The third-order valence-electron chi connectivity index (χ3n) is 9.03. The number of allylic oxidation sites excluding steroid dienone is 12. The normalized spacial score (nSPS) is 23.4. The minimum atomic E-state index is -5.13. The van der Waals surface area contributed by atoms with E-state index < -0.39 is 75.7 Å². The molecule has 8 atom stereocenters.